The lowest BCUT2D eigenvalue weighted by Gasteiger charge is -2.09. The van der Waals surface area contributed by atoms with E-state index in [1.165, 1.54) is 0 Å². The van der Waals surface area contributed by atoms with Gasteiger partial charge in [0.05, 0.1) is 5.69 Å². The summed E-state index contributed by atoms with van der Waals surface area (Å²) in [5.41, 5.74) is 2.25. The first kappa shape index (κ1) is 10.8. The van der Waals surface area contributed by atoms with Crippen LogP contribution >= 0.6 is 0 Å². The van der Waals surface area contributed by atoms with Crippen LogP contribution < -0.4 is 5.32 Å². The molecule has 1 aromatic carbocycles. The highest BCUT2D eigenvalue weighted by molar-refractivity contribution is 5.68. The highest BCUT2D eigenvalue weighted by Crippen LogP contribution is 2.17. The van der Waals surface area contributed by atoms with Crippen LogP contribution in [0.1, 0.15) is 20.8 Å². The van der Waals surface area contributed by atoms with Crippen LogP contribution in [0.2, 0.25) is 0 Å². The smallest absolute Gasteiger partial charge is 0.0627 e. The lowest BCUT2D eigenvalue weighted by atomic mass is 9.99. The van der Waals surface area contributed by atoms with E-state index in [9.17, 15) is 0 Å². The minimum absolute atomic E-state index is 0.141. The summed E-state index contributed by atoms with van der Waals surface area (Å²) < 4.78 is 0. The number of benzene rings is 1. The largest absolute Gasteiger partial charge is 0.388 e. The van der Waals surface area contributed by atoms with Gasteiger partial charge in [0.2, 0.25) is 0 Å². The molecule has 0 saturated carbocycles. The fourth-order valence-corrected chi connectivity index (χ4v) is 0.982. The monoisotopic (exact) mass is 190 g/mol. The Morgan fingerprint density at radius 1 is 1.14 bits per heavy atom. The van der Waals surface area contributed by atoms with Crippen molar-refractivity contribution in [1.29, 1.82) is 0 Å². The van der Waals surface area contributed by atoms with E-state index < -0.39 is 0 Å². The van der Waals surface area contributed by atoms with Gasteiger partial charge in [0.15, 0.2) is 0 Å². The maximum Gasteiger partial charge on any atom is 0.0627 e. The van der Waals surface area contributed by atoms with Gasteiger partial charge in [-0.05, 0) is 29.7 Å². The normalized spacial score (nSPS) is 12.0. The third kappa shape index (κ3) is 3.60. The van der Waals surface area contributed by atoms with Gasteiger partial charge in [0, 0.05) is 18.9 Å². The van der Waals surface area contributed by atoms with Crippen LogP contribution in [0.3, 0.4) is 0 Å². The van der Waals surface area contributed by atoms with Crippen LogP contribution in [0.5, 0.6) is 0 Å². The van der Waals surface area contributed by atoms with Crippen LogP contribution in [-0.4, -0.2) is 13.3 Å². The van der Waals surface area contributed by atoms with E-state index in [0.717, 1.165) is 11.4 Å². The average molecular weight is 190 g/mol. The number of anilines is 1. The van der Waals surface area contributed by atoms with E-state index in [2.05, 4.69) is 31.1 Å². The van der Waals surface area contributed by atoms with Crippen molar-refractivity contribution in [2.24, 2.45) is 10.4 Å². The van der Waals surface area contributed by atoms with Crippen molar-refractivity contribution < 1.29 is 0 Å². The molecule has 14 heavy (non-hydrogen) atoms. The number of nitrogens with one attached hydrogen (secondary N) is 1. The lowest BCUT2D eigenvalue weighted by Crippen LogP contribution is -2.05. The Morgan fingerprint density at radius 2 is 1.71 bits per heavy atom. The predicted molar refractivity (Wildman–Crippen MR) is 63.6 cm³/mol. The zero-order valence-corrected chi connectivity index (χ0v) is 9.33. The van der Waals surface area contributed by atoms with Gasteiger partial charge >= 0.3 is 0 Å². The molecule has 0 fully saturated rings. The predicted octanol–water partition coefficient (Wildman–Crippen LogP) is 3.48. The molecule has 0 aliphatic carbocycles. The summed E-state index contributed by atoms with van der Waals surface area (Å²) in [5.74, 6) is 0. The molecule has 0 unspecified atom stereocenters. The molecule has 2 nitrogen and oxygen atoms in total. The van der Waals surface area contributed by atoms with Crippen LogP contribution in [-0.2, 0) is 0 Å². The van der Waals surface area contributed by atoms with E-state index in [-0.39, 0.29) is 5.41 Å². The lowest BCUT2D eigenvalue weighted by molar-refractivity contribution is 0.607. The van der Waals surface area contributed by atoms with Gasteiger partial charge in [0.1, 0.15) is 0 Å². The fourth-order valence-electron chi connectivity index (χ4n) is 0.982. The molecule has 1 N–H and O–H groups in total. The van der Waals surface area contributed by atoms with Crippen LogP contribution in [0.15, 0.2) is 29.3 Å². The summed E-state index contributed by atoms with van der Waals surface area (Å²) in [7, 11) is 1.91. The first-order valence-corrected chi connectivity index (χ1v) is 4.84. The summed E-state index contributed by atoms with van der Waals surface area (Å²) in [4.78, 5) is 4.40. The summed E-state index contributed by atoms with van der Waals surface area (Å²) in [5, 5.41) is 3.07. The van der Waals surface area contributed by atoms with Gasteiger partial charge in [-0.25, -0.2) is 0 Å². The quantitative estimate of drug-likeness (QED) is 0.709. The third-order valence-corrected chi connectivity index (χ3v) is 1.76. The van der Waals surface area contributed by atoms with E-state index in [0.29, 0.717) is 0 Å². The standard InChI is InChI=1S/C12H18N2/c1-12(2,3)9-14-11-7-5-10(13-4)6-8-11/h5-9,13H,1-4H3. The molecule has 1 rings (SSSR count). The van der Waals surface area contributed by atoms with Crippen molar-refractivity contribution in [1.82, 2.24) is 0 Å². The van der Waals surface area contributed by atoms with Crippen molar-refractivity contribution >= 4 is 17.6 Å². The first-order chi connectivity index (χ1) is 6.51. The summed E-state index contributed by atoms with van der Waals surface area (Å²) in [6.07, 6.45) is 1.97. The van der Waals surface area contributed by atoms with Gasteiger partial charge in [-0.15, -0.1) is 0 Å². The molecule has 0 atom stereocenters. The highest BCUT2D eigenvalue weighted by atomic mass is 14.8. The number of rotatable bonds is 2. The van der Waals surface area contributed by atoms with Gasteiger partial charge in [-0.1, -0.05) is 20.8 Å². The van der Waals surface area contributed by atoms with E-state index in [1.54, 1.807) is 0 Å². The number of hydrogen-bond donors (Lipinski definition) is 1. The average Bonchev–Trinajstić information content (AvgIpc) is 2.14. The summed E-state index contributed by atoms with van der Waals surface area (Å²) >= 11 is 0. The molecule has 2 heteroatoms. The maximum absolute atomic E-state index is 4.40. The molecular formula is C12H18N2. The summed E-state index contributed by atoms with van der Waals surface area (Å²) in [6.45, 7) is 6.41. The number of nitrogens with zero attached hydrogens (tertiary/aromatic N) is 1. The zero-order chi connectivity index (χ0) is 10.6. The Hall–Kier alpha value is -1.31. The van der Waals surface area contributed by atoms with Crippen LogP contribution in [0, 0.1) is 5.41 Å². The highest BCUT2D eigenvalue weighted by Gasteiger charge is 2.04. The third-order valence-electron chi connectivity index (χ3n) is 1.76. The molecule has 0 saturated heterocycles. The van der Waals surface area contributed by atoms with E-state index in [4.69, 9.17) is 0 Å². The van der Waals surface area contributed by atoms with E-state index >= 15 is 0 Å². The molecule has 76 valence electrons. The van der Waals surface area contributed by atoms with Crippen molar-refractivity contribution in [3.05, 3.63) is 24.3 Å². The van der Waals surface area contributed by atoms with Gasteiger partial charge < -0.3 is 5.32 Å². The van der Waals surface area contributed by atoms with Crippen molar-refractivity contribution in [2.75, 3.05) is 12.4 Å². The molecule has 0 heterocycles. The van der Waals surface area contributed by atoms with E-state index in [1.807, 2.05) is 37.5 Å². The molecular weight excluding hydrogens is 172 g/mol. The summed E-state index contributed by atoms with van der Waals surface area (Å²) in [6, 6.07) is 8.06. The second-order valence-corrected chi connectivity index (χ2v) is 4.42. The molecule has 0 aliphatic heterocycles. The Kier molecular flexibility index (Phi) is 3.28. The van der Waals surface area contributed by atoms with Gasteiger partial charge in [-0.2, -0.15) is 0 Å². The molecule has 0 aliphatic rings. The van der Waals surface area contributed by atoms with Crippen LogP contribution in [0.25, 0.3) is 0 Å². The molecule has 0 amide bonds. The molecule has 0 aromatic heterocycles. The zero-order valence-electron chi connectivity index (χ0n) is 9.33. The van der Waals surface area contributed by atoms with Crippen molar-refractivity contribution in [2.45, 2.75) is 20.8 Å². The Labute approximate surface area is 86.1 Å². The van der Waals surface area contributed by atoms with Crippen LogP contribution in [0.4, 0.5) is 11.4 Å². The number of hydrogen-bond acceptors (Lipinski definition) is 2. The van der Waals surface area contributed by atoms with Gasteiger partial charge in [0.25, 0.3) is 0 Å². The fraction of sp³-hybridized carbons (Fsp3) is 0.417. The second kappa shape index (κ2) is 4.27. The minimum atomic E-state index is 0.141. The minimum Gasteiger partial charge on any atom is -0.388 e. The topological polar surface area (TPSA) is 24.4 Å². The molecule has 0 radical (unpaired) electrons. The first-order valence-electron chi connectivity index (χ1n) is 4.84. The Morgan fingerprint density at radius 3 is 2.14 bits per heavy atom. The number of aliphatic imine (C=N–C) groups is 1. The Balaban J connectivity index is 2.74. The molecule has 1 aromatic rings. The Bertz CT molecular complexity index is 304. The molecule has 0 bridgehead atoms. The van der Waals surface area contributed by atoms with Crippen molar-refractivity contribution in [3.8, 4) is 0 Å². The second-order valence-electron chi connectivity index (χ2n) is 4.42. The van der Waals surface area contributed by atoms with Gasteiger partial charge in [-0.3, -0.25) is 4.99 Å². The SMILES string of the molecule is CNc1ccc(N=CC(C)(C)C)cc1. The molecule has 0 spiro atoms. The maximum atomic E-state index is 4.40. The van der Waals surface area contributed by atoms with Crippen molar-refractivity contribution in [3.63, 3.8) is 0 Å².